The highest BCUT2D eigenvalue weighted by atomic mass is 31.2. The lowest BCUT2D eigenvalue weighted by molar-refractivity contribution is -0.870. The van der Waals surface area contributed by atoms with E-state index in [-0.39, 0.29) is 19.1 Å². The first kappa shape index (κ1) is 60.0. The minimum Gasteiger partial charge on any atom is -0.756 e. The fraction of sp³-hybridized carbons (Fsp3) is 0.904. The zero-order chi connectivity index (χ0) is 45.0. The van der Waals surface area contributed by atoms with E-state index in [0.29, 0.717) is 17.4 Å². The van der Waals surface area contributed by atoms with Gasteiger partial charge in [0.1, 0.15) is 13.2 Å². The Labute approximate surface area is 379 Å². The van der Waals surface area contributed by atoms with Crippen LogP contribution in [-0.4, -0.2) is 68.5 Å². The summed E-state index contributed by atoms with van der Waals surface area (Å²) in [5.74, 6) is -0.203. The van der Waals surface area contributed by atoms with E-state index in [1.54, 1.807) is 6.08 Å². The van der Waals surface area contributed by atoms with Gasteiger partial charge in [-0.05, 0) is 32.1 Å². The van der Waals surface area contributed by atoms with Crippen molar-refractivity contribution < 1.29 is 32.9 Å². The van der Waals surface area contributed by atoms with E-state index < -0.39 is 20.0 Å². The number of carbonyl (C=O) groups excluding carboxylic acids is 1. The lowest BCUT2D eigenvalue weighted by Gasteiger charge is -2.29. The fourth-order valence-electron chi connectivity index (χ4n) is 7.76. The maximum atomic E-state index is 12.9. The van der Waals surface area contributed by atoms with Crippen LogP contribution < -0.4 is 10.2 Å². The summed E-state index contributed by atoms with van der Waals surface area (Å²) in [5, 5.41) is 13.8. The summed E-state index contributed by atoms with van der Waals surface area (Å²) in [6.45, 7) is 4.65. The quantitative estimate of drug-likeness (QED) is 0.0273. The number of aliphatic hydroxyl groups excluding tert-OH is 1. The number of aliphatic hydroxyl groups is 1. The van der Waals surface area contributed by atoms with E-state index in [4.69, 9.17) is 9.05 Å². The van der Waals surface area contributed by atoms with Gasteiger partial charge in [0.2, 0.25) is 5.91 Å². The number of amides is 1. The molecule has 0 aliphatic rings. The van der Waals surface area contributed by atoms with E-state index in [1.165, 1.54) is 193 Å². The third-order valence-electron chi connectivity index (χ3n) is 11.9. The number of rotatable bonds is 48. The van der Waals surface area contributed by atoms with E-state index in [9.17, 15) is 19.4 Å². The summed E-state index contributed by atoms with van der Waals surface area (Å²) in [4.78, 5) is 25.4. The van der Waals surface area contributed by atoms with Crippen LogP contribution in [0.2, 0.25) is 0 Å². The molecule has 0 aromatic heterocycles. The molecule has 0 bridgehead atoms. The van der Waals surface area contributed by atoms with Crippen molar-refractivity contribution in [3.05, 3.63) is 24.3 Å². The van der Waals surface area contributed by atoms with Gasteiger partial charge in [0.25, 0.3) is 7.82 Å². The molecule has 3 atom stereocenters. The van der Waals surface area contributed by atoms with Gasteiger partial charge in [-0.15, -0.1) is 0 Å². The Morgan fingerprint density at radius 2 is 0.918 bits per heavy atom. The number of nitrogens with one attached hydrogen (secondary N) is 1. The second kappa shape index (κ2) is 44.2. The maximum Gasteiger partial charge on any atom is 0.268 e. The Hall–Kier alpha value is -1.02. The van der Waals surface area contributed by atoms with Crippen molar-refractivity contribution in [2.24, 2.45) is 0 Å². The number of hydrogen-bond acceptors (Lipinski definition) is 6. The summed E-state index contributed by atoms with van der Waals surface area (Å²) in [7, 11) is 1.25. The first-order valence-electron chi connectivity index (χ1n) is 26.2. The molecule has 3 unspecified atom stereocenters. The largest absolute Gasteiger partial charge is 0.756 e. The van der Waals surface area contributed by atoms with Crippen molar-refractivity contribution >= 4 is 13.7 Å². The van der Waals surface area contributed by atoms with Crippen molar-refractivity contribution in [1.29, 1.82) is 0 Å². The Bertz CT molecular complexity index is 1050. The van der Waals surface area contributed by atoms with Gasteiger partial charge >= 0.3 is 0 Å². The Morgan fingerprint density at radius 1 is 0.557 bits per heavy atom. The van der Waals surface area contributed by atoms with Crippen LogP contribution >= 0.6 is 7.82 Å². The average Bonchev–Trinajstić information content (AvgIpc) is 3.21. The number of allylic oxidation sites excluding steroid dienone is 3. The normalized spacial score (nSPS) is 14.3. The van der Waals surface area contributed by atoms with Gasteiger partial charge in [-0.25, -0.2) is 0 Å². The number of unbranched alkanes of at least 4 members (excludes halogenated alkanes) is 33. The molecular formula is C52H103N2O6P. The zero-order valence-electron chi connectivity index (χ0n) is 41.1. The highest BCUT2D eigenvalue weighted by Gasteiger charge is 2.23. The highest BCUT2D eigenvalue weighted by molar-refractivity contribution is 7.45. The zero-order valence-corrected chi connectivity index (χ0v) is 42.0. The SMILES string of the molecule is CCCCCCCCCC/C=C/CC/C=C/C(O)C(COP(=O)([O-])OCC[N+](C)(C)C)NC(=O)CCCCCCCCCCCCCCCCCCCCCCCCCCC. The van der Waals surface area contributed by atoms with E-state index >= 15 is 0 Å². The monoisotopic (exact) mass is 883 g/mol. The Kier molecular flexibility index (Phi) is 43.5. The second-order valence-electron chi connectivity index (χ2n) is 19.2. The van der Waals surface area contributed by atoms with Crippen molar-refractivity contribution in [1.82, 2.24) is 5.32 Å². The first-order valence-corrected chi connectivity index (χ1v) is 27.7. The number of phosphoric acid groups is 1. The topological polar surface area (TPSA) is 108 Å². The lowest BCUT2D eigenvalue weighted by Crippen LogP contribution is -2.45. The van der Waals surface area contributed by atoms with Gasteiger partial charge in [-0.1, -0.05) is 237 Å². The summed E-state index contributed by atoms with van der Waals surface area (Å²) < 4.78 is 23.2. The molecular weight excluding hydrogens is 780 g/mol. The minimum absolute atomic E-state index is 0.00405. The predicted octanol–water partition coefficient (Wildman–Crippen LogP) is 14.6. The smallest absolute Gasteiger partial charge is 0.268 e. The third-order valence-corrected chi connectivity index (χ3v) is 12.9. The van der Waals surface area contributed by atoms with Gasteiger partial charge in [0.15, 0.2) is 0 Å². The van der Waals surface area contributed by atoms with E-state index in [1.807, 2.05) is 27.2 Å². The van der Waals surface area contributed by atoms with Crippen LogP contribution in [-0.2, 0) is 18.4 Å². The van der Waals surface area contributed by atoms with E-state index in [2.05, 4.69) is 31.3 Å². The van der Waals surface area contributed by atoms with Gasteiger partial charge in [-0.2, -0.15) is 0 Å². The van der Waals surface area contributed by atoms with Crippen molar-refractivity contribution in [3.8, 4) is 0 Å². The van der Waals surface area contributed by atoms with Crippen LogP contribution in [0.1, 0.15) is 251 Å². The van der Waals surface area contributed by atoms with Crippen LogP contribution in [0.4, 0.5) is 0 Å². The molecule has 9 heteroatoms. The molecule has 0 aromatic carbocycles. The molecule has 2 N–H and O–H groups in total. The number of carbonyl (C=O) groups is 1. The number of phosphoric ester groups is 1. The molecule has 0 saturated heterocycles. The van der Waals surface area contributed by atoms with Crippen LogP contribution in [0, 0.1) is 0 Å². The molecule has 0 aliphatic carbocycles. The van der Waals surface area contributed by atoms with Gasteiger partial charge in [0.05, 0.1) is 39.9 Å². The van der Waals surface area contributed by atoms with Crippen molar-refractivity contribution in [2.75, 3.05) is 40.9 Å². The number of likely N-dealkylation sites (N-methyl/N-ethyl adjacent to an activating group) is 1. The lowest BCUT2D eigenvalue weighted by atomic mass is 10.0. The van der Waals surface area contributed by atoms with E-state index in [0.717, 1.165) is 38.5 Å². The van der Waals surface area contributed by atoms with Crippen LogP contribution in [0.15, 0.2) is 24.3 Å². The molecule has 0 heterocycles. The number of hydrogen-bond donors (Lipinski definition) is 2. The molecule has 362 valence electrons. The summed E-state index contributed by atoms with van der Waals surface area (Å²) in [5.41, 5.74) is 0. The summed E-state index contributed by atoms with van der Waals surface area (Å²) >= 11 is 0. The predicted molar refractivity (Wildman–Crippen MR) is 261 cm³/mol. The van der Waals surface area contributed by atoms with Gasteiger partial charge < -0.3 is 28.8 Å². The standard InChI is InChI=1S/C52H103N2O6P/c1-6-8-10-12-14-16-18-20-22-23-24-25-26-27-28-29-30-31-32-34-36-38-40-42-44-46-52(56)53-50(49-60-61(57,58)59-48-47-54(3,4)5)51(55)45-43-41-39-37-35-33-21-19-17-15-13-11-9-7-2/h35,37,43,45,50-51,55H,6-34,36,38-42,44,46-49H2,1-5H3,(H-,53,56,57,58)/b37-35+,45-43+. The van der Waals surface area contributed by atoms with Crippen LogP contribution in [0.3, 0.4) is 0 Å². The molecule has 0 radical (unpaired) electrons. The molecule has 0 aromatic rings. The Balaban J connectivity index is 4.19. The van der Waals surface area contributed by atoms with Crippen LogP contribution in [0.5, 0.6) is 0 Å². The van der Waals surface area contributed by atoms with Gasteiger partial charge in [0, 0.05) is 6.42 Å². The summed E-state index contributed by atoms with van der Waals surface area (Å²) in [6, 6.07) is -0.898. The molecule has 0 saturated carbocycles. The fourth-order valence-corrected chi connectivity index (χ4v) is 8.48. The Morgan fingerprint density at radius 3 is 1.33 bits per heavy atom. The second-order valence-corrected chi connectivity index (χ2v) is 20.6. The van der Waals surface area contributed by atoms with Crippen molar-refractivity contribution in [2.45, 2.75) is 264 Å². The van der Waals surface area contributed by atoms with Crippen LogP contribution in [0.25, 0.3) is 0 Å². The molecule has 61 heavy (non-hydrogen) atoms. The van der Waals surface area contributed by atoms with Gasteiger partial charge in [-0.3, -0.25) is 9.36 Å². The minimum atomic E-state index is -4.59. The number of nitrogens with zero attached hydrogens (tertiary/aromatic N) is 1. The average molecular weight is 883 g/mol. The number of quaternary nitrogens is 1. The first-order chi connectivity index (χ1) is 29.5. The highest BCUT2D eigenvalue weighted by Crippen LogP contribution is 2.38. The maximum absolute atomic E-state index is 12.9. The molecule has 1 amide bonds. The molecule has 0 aliphatic heterocycles. The molecule has 0 rings (SSSR count). The molecule has 0 fully saturated rings. The van der Waals surface area contributed by atoms with Crippen molar-refractivity contribution in [3.63, 3.8) is 0 Å². The molecule has 8 nitrogen and oxygen atoms in total. The molecule has 0 spiro atoms. The third kappa shape index (κ3) is 46.8. The summed E-state index contributed by atoms with van der Waals surface area (Å²) in [6.07, 6.45) is 53.9.